The highest BCUT2D eigenvalue weighted by Crippen LogP contribution is 2.21. The van der Waals surface area contributed by atoms with E-state index in [9.17, 15) is 14.0 Å². The SMILES string of the molecule is C[C@@H](C(=O)NCCCC#Cc1cnc(Nc2ccnc(F)c2)nc1N1CCOCC1)N(C)C(=O)OC(C)(C)C. The van der Waals surface area contributed by atoms with Crippen molar-refractivity contribution in [1.82, 2.24) is 25.2 Å². The molecule has 3 heterocycles. The Morgan fingerprint density at radius 3 is 2.72 bits per heavy atom. The molecule has 0 bridgehead atoms. The minimum Gasteiger partial charge on any atom is -0.444 e. The first-order valence-corrected chi connectivity index (χ1v) is 12.8. The second-order valence-corrected chi connectivity index (χ2v) is 9.99. The molecular weight excluding hydrogens is 505 g/mol. The molecular formula is C27H36FN7O4. The van der Waals surface area contributed by atoms with E-state index in [0.29, 0.717) is 68.7 Å². The number of pyridine rings is 1. The fourth-order valence-electron chi connectivity index (χ4n) is 3.51. The quantitative estimate of drug-likeness (QED) is 0.295. The number of likely N-dealkylation sites (N-methyl/N-ethyl adjacent to an activating group) is 1. The number of ether oxygens (including phenoxy) is 2. The largest absolute Gasteiger partial charge is 0.444 e. The second kappa shape index (κ2) is 13.7. The van der Waals surface area contributed by atoms with Crippen LogP contribution in [0.25, 0.3) is 0 Å². The van der Waals surface area contributed by atoms with Gasteiger partial charge in [-0.3, -0.25) is 9.69 Å². The van der Waals surface area contributed by atoms with Gasteiger partial charge in [-0.05, 0) is 40.2 Å². The zero-order valence-corrected chi connectivity index (χ0v) is 23.1. The fraction of sp³-hybridized carbons (Fsp3) is 0.519. The lowest BCUT2D eigenvalue weighted by atomic mass is 10.2. The molecule has 1 saturated heterocycles. The van der Waals surface area contributed by atoms with Gasteiger partial charge in [-0.15, -0.1) is 0 Å². The van der Waals surface area contributed by atoms with Crippen LogP contribution in [0, 0.1) is 17.8 Å². The maximum absolute atomic E-state index is 13.5. The van der Waals surface area contributed by atoms with Crippen LogP contribution in [0.15, 0.2) is 24.5 Å². The molecule has 12 heteroatoms. The van der Waals surface area contributed by atoms with Crippen LogP contribution in [0.4, 0.5) is 26.6 Å². The summed E-state index contributed by atoms with van der Waals surface area (Å²) < 4.78 is 24.2. The number of hydrogen-bond donors (Lipinski definition) is 2. The number of nitrogens with zero attached hydrogens (tertiary/aromatic N) is 5. The third-order valence-electron chi connectivity index (χ3n) is 5.70. The second-order valence-electron chi connectivity index (χ2n) is 9.99. The van der Waals surface area contributed by atoms with Gasteiger partial charge in [0.05, 0.1) is 25.0 Å². The first kappa shape index (κ1) is 29.6. The maximum Gasteiger partial charge on any atom is 0.410 e. The molecule has 1 fully saturated rings. The zero-order chi connectivity index (χ0) is 28.4. The topological polar surface area (TPSA) is 122 Å². The van der Waals surface area contributed by atoms with Crippen LogP contribution < -0.4 is 15.5 Å². The number of halogens is 1. The number of aromatic nitrogens is 3. The molecule has 0 radical (unpaired) electrons. The van der Waals surface area contributed by atoms with Gasteiger partial charge in [0, 0.05) is 51.1 Å². The summed E-state index contributed by atoms with van der Waals surface area (Å²) in [6.07, 6.45) is 3.62. The number of carbonyl (C=O) groups is 2. The molecule has 0 aliphatic carbocycles. The van der Waals surface area contributed by atoms with Gasteiger partial charge in [0.2, 0.25) is 17.8 Å². The smallest absolute Gasteiger partial charge is 0.410 e. The normalized spacial score (nSPS) is 14.1. The Hall–Kier alpha value is -3.98. The summed E-state index contributed by atoms with van der Waals surface area (Å²) in [4.78, 5) is 40.5. The minimum atomic E-state index is -0.671. The number of anilines is 3. The molecule has 0 spiro atoms. The maximum atomic E-state index is 13.5. The first-order valence-electron chi connectivity index (χ1n) is 12.8. The van der Waals surface area contributed by atoms with Crippen molar-refractivity contribution in [3.05, 3.63) is 36.0 Å². The summed E-state index contributed by atoms with van der Waals surface area (Å²) in [5, 5.41) is 5.83. The summed E-state index contributed by atoms with van der Waals surface area (Å²) >= 11 is 0. The summed E-state index contributed by atoms with van der Waals surface area (Å²) in [6, 6.07) is 2.22. The lowest BCUT2D eigenvalue weighted by Crippen LogP contribution is -2.47. The summed E-state index contributed by atoms with van der Waals surface area (Å²) in [5.74, 6) is 6.39. The molecule has 2 amide bonds. The van der Waals surface area contributed by atoms with Gasteiger partial charge in [0.15, 0.2) is 0 Å². The van der Waals surface area contributed by atoms with Crippen molar-refractivity contribution in [1.29, 1.82) is 0 Å². The number of amides is 2. The molecule has 2 N–H and O–H groups in total. The van der Waals surface area contributed by atoms with Gasteiger partial charge < -0.3 is 25.0 Å². The lowest BCUT2D eigenvalue weighted by molar-refractivity contribution is -0.125. The molecule has 3 rings (SSSR count). The molecule has 39 heavy (non-hydrogen) atoms. The van der Waals surface area contributed by atoms with Gasteiger partial charge in [-0.2, -0.15) is 9.37 Å². The van der Waals surface area contributed by atoms with Gasteiger partial charge >= 0.3 is 6.09 Å². The number of hydrogen-bond acceptors (Lipinski definition) is 9. The van der Waals surface area contributed by atoms with Crippen LogP contribution in [0.1, 0.15) is 46.1 Å². The summed E-state index contributed by atoms with van der Waals surface area (Å²) in [7, 11) is 1.54. The van der Waals surface area contributed by atoms with E-state index in [1.165, 1.54) is 24.2 Å². The van der Waals surface area contributed by atoms with Crippen molar-refractivity contribution < 1.29 is 23.5 Å². The van der Waals surface area contributed by atoms with Crippen LogP contribution in [0.5, 0.6) is 0 Å². The highest BCUT2D eigenvalue weighted by atomic mass is 19.1. The van der Waals surface area contributed by atoms with E-state index in [4.69, 9.17) is 9.47 Å². The third-order valence-corrected chi connectivity index (χ3v) is 5.70. The Balaban J connectivity index is 1.56. The molecule has 0 saturated carbocycles. The van der Waals surface area contributed by atoms with Crippen molar-refractivity contribution in [2.45, 2.75) is 52.2 Å². The minimum absolute atomic E-state index is 0.267. The molecule has 0 unspecified atom stereocenters. The Bertz CT molecular complexity index is 1200. The van der Waals surface area contributed by atoms with Crippen molar-refractivity contribution in [3.63, 3.8) is 0 Å². The fourth-order valence-corrected chi connectivity index (χ4v) is 3.51. The Labute approximate surface area is 228 Å². The highest BCUT2D eigenvalue weighted by molar-refractivity contribution is 5.85. The Kier molecular flexibility index (Phi) is 10.4. The highest BCUT2D eigenvalue weighted by Gasteiger charge is 2.26. The van der Waals surface area contributed by atoms with E-state index in [1.54, 1.807) is 40.0 Å². The molecule has 11 nitrogen and oxygen atoms in total. The van der Waals surface area contributed by atoms with E-state index in [0.717, 1.165) is 0 Å². The number of unbranched alkanes of at least 4 members (excludes halogenated alkanes) is 1. The van der Waals surface area contributed by atoms with Crippen molar-refractivity contribution in [2.24, 2.45) is 0 Å². The zero-order valence-electron chi connectivity index (χ0n) is 23.1. The molecule has 1 atom stereocenters. The molecule has 1 aliphatic heterocycles. The predicted molar refractivity (Wildman–Crippen MR) is 145 cm³/mol. The average molecular weight is 542 g/mol. The van der Waals surface area contributed by atoms with Gasteiger partial charge in [0.1, 0.15) is 17.5 Å². The third kappa shape index (κ3) is 9.37. The van der Waals surface area contributed by atoms with Gasteiger partial charge in [0.25, 0.3) is 0 Å². The molecule has 0 aromatic carbocycles. The lowest BCUT2D eigenvalue weighted by Gasteiger charge is -2.28. The van der Waals surface area contributed by atoms with Crippen molar-refractivity contribution in [3.8, 4) is 11.8 Å². The van der Waals surface area contributed by atoms with Gasteiger partial charge in [-0.1, -0.05) is 11.8 Å². The van der Waals surface area contributed by atoms with Crippen LogP contribution in [-0.2, 0) is 14.3 Å². The first-order chi connectivity index (χ1) is 18.5. The van der Waals surface area contributed by atoms with Crippen LogP contribution in [-0.4, -0.2) is 83.4 Å². The van der Waals surface area contributed by atoms with E-state index in [1.807, 2.05) is 0 Å². The Morgan fingerprint density at radius 2 is 2.03 bits per heavy atom. The van der Waals surface area contributed by atoms with Crippen molar-refractivity contribution >= 4 is 29.5 Å². The van der Waals surface area contributed by atoms with E-state index in [2.05, 4.69) is 42.3 Å². The predicted octanol–water partition coefficient (Wildman–Crippen LogP) is 3.09. The van der Waals surface area contributed by atoms with E-state index >= 15 is 0 Å². The molecule has 2 aromatic heterocycles. The van der Waals surface area contributed by atoms with E-state index in [-0.39, 0.29) is 5.91 Å². The molecule has 210 valence electrons. The van der Waals surface area contributed by atoms with Crippen molar-refractivity contribution in [2.75, 3.05) is 50.1 Å². The number of carbonyl (C=O) groups excluding carboxylic acids is 2. The summed E-state index contributed by atoms with van der Waals surface area (Å²) in [5.41, 5.74) is 0.519. The van der Waals surface area contributed by atoms with E-state index < -0.39 is 23.7 Å². The number of nitrogens with one attached hydrogen (secondary N) is 2. The number of morpholine rings is 1. The molecule has 1 aliphatic rings. The average Bonchev–Trinajstić information content (AvgIpc) is 2.89. The van der Waals surface area contributed by atoms with Crippen LogP contribution in [0.3, 0.4) is 0 Å². The Morgan fingerprint density at radius 1 is 1.28 bits per heavy atom. The van der Waals surface area contributed by atoms with Gasteiger partial charge in [-0.25, -0.2) is 14.8 Å². The number of rotatable bonds is 8. The standard InChI is InChI=1S/C27H36FN7O4/c1-19(34(5)26(37)39-27(2,3)4)24(36)30-11-8-6-7-9-20-18-31-25(32-21-10-12-29-22(28)17-21)33-23(20)35-13-15-38-16-14-35/h10,12,17-19H,6,8,11,13-16H2,1-5H3,(H,30,36)(H,29,31,32,33)/t19-/m0/s1. The molecule has 2 aromatic rings. The van der Waals surface area contributed by atoms with Crippen LogP contribution >= 0.6 is 0 Å². The summed E-state index contributed by atoms with van der Waals surface area (Å²) in [6.45, 7) is 9.87. The van der Waals surface area contributed by atoms with Crippen LogP contribution in [0.2, 0.25) is 0 Å². The monoisotopic (exact) mass is 541 g/mol.